The van der Waals surface area contributed by atoms with Crippen LogP contribution < -0.4 is 5.32 Å². The van der Waals surface area contributed by atoms with Gasteiger partial charge in [0.2, 0.25) is 5.78 Å². The van der Waals surface area contributed by atoms with Crippen molar-refractivity contribution in [2.45, 2.75) is 33.7 Å². The summed E-state index contributed by atoms with van der Waals surface area (Å²) in [7, 11) is 1.70. The minimum atomic E-state index is -0.566. The van der Waals surface area contributed by atoms with Crippen LogP contribution in [0.2, 0.25) is 0 Å². The van der Waals surface area contributed by atoms with Crippen molar-refractivity contribution in [3.05, 3.63) is 69.9 Å². The van der Waals surface area contributed by atoms with Gasteiger partial charge >= 0.3 is 5.97 Å². The second kappa shape index (κ2) is 9.21. The Morgan fingerprint density at radius 2 is 1.90 bits per heavy atom. The van der Waals surface area contributed by atoms with Crippen molar-refractivity contribution in [3.63, 3.8) is 0 Å². The number of esters is 1. The van der Waals surface area contributed by atoms with Crippen molar-refractivity contribution in [1.82, 2.24) is 8.94 Å². The van der Waals surface area contributed by atoms with Gasteiger partial charge in [-0.3, -0.25) is 4.79 Å². The van der Waals surface area contributed by atoms with E-state index in [1.165, 1.54) is 23.7 Å². The Hall–Kier alpha value is -3.00. The Labute approximate surface area is 178 Å². The molecule has 0 saturated carbocycles. The normalized spacial score (nSPS) is 10.8. The zero-order valence-electron chi connectivity index (χ0n) is 17.4. The molecule has 3 rings (SSSR count). The van der Waals surface area contributed by atoms with E-state index in [0.29, 0.717) is 28.4 Å². The third kappa shape index (κ3) is 4.59. The number of benzene rings is 1. The lowest BCUT2D eigenvalue weighted by molar-refractivity contribution is 0.0475. The highest BCUT2D eigenvalue weighted by Crippen LogP contribution is 2.25. The summed E-state index contributed by atoms with van der Waals surface area (Å²) in [6.07, 6.45) is 0.719. The number of hydrogen-bond donors (Lipinski definition) is 1. The Balaban J connectivity index is 1.66. The number of halogens is 1. The van der Waals surface area contributed by atoms with Crippen molar-refractivity contribution in [1.29, 1.82) is 0 Å². The number of rotatable bonds is 8. The van der Waals surface area contributed by atoms with E-state index < -0.39 is 5.97 Å². The molecule has 0 radical (unpaired) electrons. The molecule has 2 aromatic heterocycles. The average Bonchev–Trinajstić information content (AvgIpc) is 3.24. The molecular weight excluding hydrogens is 405 g/mol. The Bertz CT molecular complexity index is 1070. The number of hydrogen-bond acceptors (Lipinski definition) is 6. The van der Waals surface area contributed by atoms with E-state index in [-0.39, 0.29) is 18.2 Å². The van der Waals surface area contributed by atoms with Gasteiger partial charge in [0.1, 0.15) is 16.4 Å². The van der Waals surface area contributed by atoms with E-state index in [0.717, 1.165) is 23.4 Å². The fraction of sp³-hybridized carbons (Fsp3) is 0.318. The lowest BCUT2D eigenvalue weighted by Crippen LogP contribution is -2.16. The standard InChI is InChI=1S/C22H24FN3O3S/c1-13-11-18(15(3)26(13)10-9-16-5-7-17(23)8-6-16)19(27)12-29-22(28)20-14(2)25-30-21(20)24-4/h5-8,11,24H,9-10,12H2,1-4H3. The van der Waals surface area contributed by atoms with Gasteiger partial charge in [0, 0.05) is 30.5 Å². The van der Waals surface area contributed by atoms with Crippen LogP contribution in [0.1, 0.15) is 43.4 Å². The zero-order chi connectivity index (χ0) is 21.8. The molecule has 8 heteroatoms. The van der Waals surface area contributed by atoms with Gasteiger partial charge in [-0.2, -0.15) is 4.37 Å². The summed E-state index contributed by atoms with van der Waals surface area (Å²) in [4.78, 5) is 25.1. The summed E-state index contributed by atoms with van der Waals surface area (Å²) >= 11 is 1.18. The number of aryl methyl sites for hydroxylation is 3. The van der Waals surface area contributed by atoms with Crippen molar-refractivity contribution in [2.24, 2.45) is 0 Å². The van der Waals surface area contributed by atoms with Gasteiger partial charge in [0.15, 0.2) is 6.61 Å². The highest BCUT2D eigenvalue weighted by molar-refractivity contribution is 7.10. The number of nitrogens with one attached hydrogen (secondary N) is 1. The smallest absolute Gasteiger partial charge is 0.343 e. The number of aromatic nitrogens is 2. The van der Waals surface area contributed by atoms with Crippen LogP contribution in [0.3, 0.4) is 0 Å². The minimum Gasteiger partial charge on any atom is -0.454 e. The Morgan fingerprint density at radius 1 is 1.20 bits per heavy atom. The predicted octanol–water partition coefficient (Wildman–Crippen LogP) is 4.33. The van der Waals surface area contributed by atoms with Crippen LogP contribution in [0, 0.1) is 26.6 Å². The number of nitrogens with zero attached hydrogens (tertiary/aromatic N) is 2. The maximum Gasteiger partial charge on any atom is 0.343 e. The third-order valence-corrected chi connectivity index (χ3v) is 6.00. The molecule has 1 N–H and O–H groups in total. The first-order valence-corrected chi connectivity index (χ1v) is 10.3. The van der Waals surface area contributed by atoms with Crippen molar-refractivity contribution >= 4 is 28.3 Å². The molecule has 30 heavy (non-hydrogen) atoms. The zero-order valence-corrected chi connectivity index (χ0v) is 18.2. The van der Waals surface area contributed by atoms with E-state index in [1.807, 2.05) is 24.5 Å². The lowest BCUT2D eigenvalue weighted by Gasteiger charge is -2.10. The first kappa shape index (κ1) is 21.7. The molecule has 0 spiro atoms. The minimum absolute atomic E-state index is 0.253. The van der Waals surface area contributed by atoms with Gasteiger partial charge in [-0.1, -0.05) is 12.1 Å². The largest absolute Gasteiger partial charge is 0.454 e. The lowest BCUT2D eigenvalue weighted by atomic mass is 10.1. The van der Waals surface area contributed by atoms with Gasteiger partial charge in [0.25, 0.3) is 0 Å². The summed E-state index contributed by atoms with van der Waals surface area (Å²) in [6, 6.07) is 8.22. The molecule has 0 aliphatic heterocycles. The second-order valence-electron chi connectivity index (χ2n) is 7.03. The monoisotopic (exact) mass is 429 g/mol. The van der Waals surface area contributed by atoms with Gasteiger partial charge in [0.05, 0.1) is 5.69 Å². The predicted molar refractivity (Wildman–Crippen MR) is 115 cm³/mol. The molecule has 1 aromatic carbocycles. The van der Waals surface area contributed by atoms with Gasteiger partial charge < -0.3 is 14.6 Å². The maximum absolute atomic E-state index is 13.1. The first-order valence-electron chi connectivity index (χ1n) is 9.57. The van der Waals surface area contributed by atoms with Gasteiger partial charge in [-0.05, 0) is 62.5 Å². The van der Waals surface area contributed by atoms with E-state index >= 15 is 0 Å². The van der Waals surface area contributed by atoms with Crippen molar-refractivity contribution < 1.29 is 18.7 Å². The van der Waals surface area contributed by atoms with Crippen LogP contribution in [0.15, 0.2) is 30.3 Å². The summed E-state index contributed by atoms with van der Waals surface area (Å²) in [5.41, 5.74) is 4.25. The molecule has 0 fully saturated rings. The summed E-state index contributed by atoms with van der Waals surface area (Å²) < 4.78 is 24.5. The van der Waals surface area contributed by atoms with Gasteiger partial charge in [-0.25, -0.2) is 9.18 Å². The summed E-state index contributed by atoms with van der Waals surface area (Å²) in [5, 5.41) is 3.53. The highest BCUT2D eigenvalue weighted by atomic mass is 32.1. The molecule has 2 heterocycles. The molecule has 0 aliphatic carbocycles. The summed E-state index contributed by atoms with van der Waals surface area (Å²) in [5.74, 6) is -1.08. The van der Waals surface area contributed by atoms with Crippen LogP contribution in [-0.4, -0.2) is 34.3 Å². The van der Waals surface area contributed by atoms with Crippen molar-refractivity contribution in [3.8, 4) is 0 Å². The highest BCUT2D eigenvalue weighted by Gasteiger charge is 2.22. The topological polar surface area (TPSA) is 73.2 Å². The molecule has 158 valence electrons. The number of Topliss-reactive ketones (excluding diaryl/α,β-unsaturated/α-hetero) is 1. The van der Waals surface area contributed by atoms with E-state index in [9.17, 15) is 14.0 Å². The molecule has 0 aliphatic rings. The fourth-order valence-corrected chi connectivity index (χ4v) is 4.11. The fourth-order valence-electron chi connectivity index (χ4n) is 3.38. The number of carbonyl (C=O) groups is 2. The first-order chi connectivity index (χ1) is 14.3. The molecule has 0 unspecified atom stereocenters. The third-order valence-electron chi connectivity index (χ3n) is 5.04. The molecule has 0 atom stereocenters. The second-order valence-corrected chi connectivity index (χ2v) is 7.81. The number of ketones is 1. The van der Waals surface area contributed by atoms with Crippen LogP contribution in [0.5, 0.6) is 0 Å². The quantitative estimate of drug-likeness (QED) is 0.426. The SMILES string of the molecule is CNc1snc(C)c1C(=O)OCC(=O)c1cc(C)n(CCc2ccc(F)cc2)c1C. The molecule has 0 amide bonds. The molecule has 6 nitrogen and oxygen atoms in total. The van der Waals surface area contributed by atoms with E-state index in [4.69, 9.17) is 4.74 Å². The number of carbonyl (C=O) groups excluding carboxylic acids is 2. The molecule has 0 saturated heterocycles. The van der Waals surface area contributed by atoms with Crippen LogP contribution in [0.4, 0.5) is 9.39 Å². The average molecular weight is 430 g/mol. The Morgan fingerprint density at radius 3 is 2.57 bits per heavy atom. The molecule has 0 bridgehead atoms. The maximum atomic E-state index is 13.1. The van der Waals surface area contributed by atoms with Crippen LogP contribution >= 0.6 is 11.5 Å². The Kier molecular flexibility index (Phi) is 6.66. The number of anilines is 1. The van der Waals surface area contributed by atoms with E-state index in [2.05, 4.69) is 9.69 Å². The van der Waals surface area contributed by atoms with E-state index in [1.54, 1.807) is 26.1 Å². The molecule has 3 aromatic rings. The van der Waals surface area contributed by atoms with Crippen LogP contribution in [-0.2, 0) is 17.7 Å². The summed E-state index contributed by atoms with van der Waals surface area (Å²) in [6.45, 7) is 5.87. The number of ether oxygens (including phenoxy) is 1. The van der Waals surface area contributed by atoms with Crippen LogP contribution in [0.25, 0.3) is 0 Å². The van der Waals surface area contributed by atoms with Crippen molar-refractivity contribution in [2.75, 3.05) is 19.0 Å². The molecular formula is C22H24FN3O3S. The van der Waals surface area contributed by atoms with Gasteiger partial charge in [-0.15, -0.1) is 0 Å².